The second-order valence-electron chi connectivity index (χ2n) is 8.05. The summed E-state index contributed by atoms with van der Waals surface area (Å²) in [5.41, 5.74) is 1.35. The van der Waals surface area contributed by atoms with Crippen molar-refractivity contribution in [2.75, 3.05) is 6.79 Å². The monoisotopic (exact) mass is 409 g/mol. The summed E-state index contributed by atoms with van der Waals surface area (Å²) in [6.45, 7) is 5.49. The van der Waals surface area contributed by atoms with Crippen LogP contribution in [0, 0.1) is 0 Å². The van der Waals surface area contributed by atoms with Crippen LogP contribution in [0.5, 0.6) is 11.5 Å². The zero-order valence-electron chi connectivity index (χ0n) is 17.0. The Morgan fingerprint density at radius 1 is 1.07 bits per heavy atom. The lowest BCUT2D eigenvalue weighted by atomic mass is 9.90. The van der Waals surface area contributed by atoms with Gasteiger partial charge >= 0.3 is 12.1 Å². The van der Waals surface area contributed by atoms with Crippen molar-refractivity contribution in [2.24, 2.45) is 0 Å². The Morgan fingerprint density at radius 2 is 1.77 bits per heavy atom. The lowest BCUT2D eigenvalue weighted by Gasteiger charge is -2.31. The predicted molar refractivity (Wildman–Crippen MR) is 109 cm³/mol. The summed E-state index contributed by atoms with van der Waals surface area (Å²) in [4.78, 5) is 25.1. The van der Waals surface area contributed by atoms with E-state index in [-0.39, 0.29) is 6.79 Å². The second-order valence-corrected chi connectivity index (χ2v) is 8.05. The number of fused-ring (bicyclic) bond motifs is 2. The van der Waals surface area contributed by atoms with Gasteiger partial charge in [-0.25, -0.2) is 9.59 Å². The summed E-state index contributed by atoms with van der Waals surface area (Å²) in [5, 5.41) is 2.84. The van der Waals surface area contributed by atoms with Crippen molar-refractivity contribution in [3.8, 4) is 11.5 Å². The summed E-state index contributed by atoms with van der Waals surface area (Å²) in [7, 11) is 0. The molecule has 1 aliphatic heterocycles. The molecule has 156 valence electrons. The minimum atomic E-state index is -0.724. The first-order valence-corrected chi connectivity index (χ1v) is 9.67. The van der Waals surface area contributed by atoms with E-state index in [0.717, 1.165) is 11.1 Å². The van der Waals surface area contributed by atoms with E-state index < -0.39 is 29.8 Å². The molecule has 1 amide bonds. The Balaban J connectivity index is 1.63. The number of nitrogens with one attached hydrogen (secondary N) is 1. The third-order valence-corrected chi connectivity index (χ3v) is 4.63. The highest BCUT2D eigenvalue weighted by molar-refractivity contribution is 5.89. The van der Waals surface area contributed by atoms with E-state index in [4.69, 9.17) is 18.9 Å². The first kappa shape index (κ1) is 19.8. The van der Waals surface area contributed by atoms with Crippen molar-refractivity contribution < 1.29 is 28.5 Å². The number of benzene rings is 2. The first-order chi connectivity index (χ1) is 14.3. The molecule has 2 aromatic rings. The summed E-state index contributed by atoms with van der Waals surface area (Å²) < 4.78 is 22.1. The van der Waals surface area contributed by atoms with E-state index in [9.17, 15) is 9.59 Å². The normalized spacial score (nSPS) is 19.0. The van der Waals surface area contributed by atoms with Crippen LogP contribution in [0.1, 0.15) is 48.3 Å². The molecule has 1 aliphatic carbocycles. The van der Waals surface area contributed by atoms with Crippen LogP contribution in [0.2, 0.25) is 0 Å². The standard InChI is InChI=1S/C23H23NO6/c1-23(2,3)30-22(26)24-20-16-12-19-18(27-13-28-19)11-15(16)9-10-17(20)29-21(25)14-7-5-4-6-8-14/h4-12,17,20H,13H2,1-3H3,(H,24,26)/t17-,20-/m0/s1. The SMILES string of the molecule is CC(C)(C)OC(=O)N[C@H]1c2cc3c(cc2C=C[C@@H]1OC(=O)c1ccccc1)OCO3. The molecule has 2 atom stereocenters. The molecule has 1 N–H and O–H groups in total. The maximum atomic E-state index is 12.6. The summed E-state index contributed by atoms with van der Waals surface area (Å²) >= 11 is 0. The van der Waals surface area contributed by atoms with E-state index in [1.165, 1.54) is 0 Å². The molecule has 0 spiro atoms. The summed E-state index contributed by atoms with van der Waals surface area (Å²) in [6.07, 6.45) is 2.26. The number of carbonyl (C=O) groups is 2. The highest BCUT2D eigenvalue weighted by atomic mass is 16.7. The van der Waals surface area contributed by atoms with E-state index in [2.05, 4.69) is 5.32 Å². The Hall–Kier alpha value is -3.48. The molecule has 0 unspecified atom stereocenters. The lowest BCUT2D eigenvalue weighted by molar-refractivity contribution is 0.0241. The number of hydrogen-bond acceptors (Lipinski definition) is 6. The average molecular weight is 409 g/mol. The molecule has 0 saturated carbocycles. The molecular formula is C23H23NO6. The molecule has 0 bridgehead atoms. The van der Waals surface area contributed by atoms with Gasteiger partial charge in [0, 0.05) is 0 Å². The van der Waals surface area contributed by atoms with Gasteiger partial charge in [-0.2, -0.15) is 0 Å². The number of amides is 1. The van der Waals surface area contributed by atoms with Crippen molar-refractivity contribution in [2.45, 2.75) is 38.5 Å². The fraction of sp³-hybridized carbons (Fsp3) is 0.304. The third kappa shape index (κ3) is 4.25. The molecule has 7 nitrogen and oxygen atoms in total. The van der Waals surface area contributed by atoms with Gasteiger partial charge in [0.1, 0.15) is 11.7 Å². The van der Waals surface area contributed by atoms with Crippen LogP contribution in [0.4, 0.5) is 4.79 Å². The number of hydrogen-bond donors (Lipinski definition) is 1. The fourth-order valence-electron chi connectivity index (χ4n) is 3.34. The number of alkyl carbamates (subject to hydrolysis) is 1. The highest BCUT2D eigenvalue weighted by Gasteiger charge is 2.34. The molecule has 2 aliphatic rings. The van der Waals surface area contributed by atoms with Gasteiger partial charge in [0.15, 0.2) is 11.5 Å². The molecule has 7 heteroatoms. The Morgan fingerprint density at radius 3 is 2.47 bits per heavy atom. The number of carbonyl (C=O) groups excluding carboxylic acids is 2. The molecule has 0 fully saturated rings. The summed E-state index contributed by atoms with van der Waals surface area (Å²) in [6, 6.07) is 11.7. The molecule has 0 radical (unpaired) electrons. The lowest BCUT2D eigenvalue weighted by Crippen LogP contribution is -2.41. The first-order valence-electron chi connectivity index (χ1n) is 9.67. The van der Waals surface area contributed by atoms with Crippen LogP contribution in [-0.2, 0) is 9.47 Å². The Kier molecular flexibility index (Phi) is 5.11. The molecule has 4 rings (SSSR count). The Bertz CT molecular complexity index is 993. The fourth-order valence-corrected chi connectivity index (χ4v) is 3.34. The quantitative estimate of drug-likeness (QED) is 0.764. The smallest absolute Gasteiger partial charge is 0.408 e. The van der Waals surface area contributed by atoms with Gasteiger partial charge in [-0.3, -0.25) is 0 Å². The van der Waals surface area contributed by atoms with Crippen molar-refractivity contribution in [3.63, 3.8) is 0 Å². The van der Waals surface area contributed by atoms with Crippen molar-refractivity contribution >= 4 is 18.1 Å². The van der Waals surface area contributed by atoms with Gasteiger partial charge in [0.05, 0.1) is 11.6 Å². The predicted octanol–water partition coefficient (Wildman–Crippen LogP) is 4.23. The molecule has 2 aromatic carbocycles. The minimum absolute atomic E-state index is 0.137. The van der Waals surface area contributed by atoms with Gasteiger partial charge in [-0.15, -0.1) is 0 Å². The van der Waals surface area contributed by atoms with Crippen LogP contribution in [0.25, 0.3) is 6.08 Å². The molecule has 30 heavy (non-hydrogen) atoms. The molecule has 1 heterocycles. The topological polar surface area (TPSA) is 83.1 Å². The van der Waals surface area contributed by atoms with Crippen LogP contribution in [-0.4, -0.2) is 30.6 Å². The van der Waals surface area contributed by atoms with E-state index in [0.29, 0.717) is 17.1 Å². The van der Waals surface area contributed by atoms with E-state index in [1.54, 1.807) is 57.2 Å². The van der Waals surface area contributed by atoms with Gasteiger partial charge in [0.25, 0.3) is 0 Å². The van der Waals surface area contributed by atoms with E-state index in [1.807, 2.05) is 18.2 Å². The minimum Gasteiger partial charge on any atom is -0.454 e. The zero-order valence-corrected chi connectivity index (χ0v) is 17.0. The molecule has 0 saturated heterocycles. The zero-order chi connectivity index (χ0) is 21.3. The van der Waals surface area contributed by atoms with Gasteiger partial charge in [-0.05, 0) is 62.2 Å². The van der Waals surface area contributed by atoms with Gasteiger partial charge in [-0.1, -0.05) is 24.3 Å². The molecule has 0 aromatic heterocycles. The maximum absolute atomic E-state index is 12.6. The van der Waals surface area contributed by atoms with Crippen molar-refractivity contribution in [1.29, 1.82) is 0 Å². The van der Waals surface area contributed by atoms with Crippen LogP contribution < -0.4 is 14.8 Å². The third-order valence-electron chi connectivity index (χ3n) is 4.63. The maximum Gasteiger partial charge on any atom is 0.408 e. The second kappa shape index (κ2) is 7.74. The highest BCUT2D eigenvalue weighted by Crippen LogP contribution is 2.40. The number of rotatable bonds is 3. The van der Waals surface area contributed by atoms with Crippen LogP contribution in [0.3, 0.4) is 0 Å². The van der Waals surface area contributed by atoms with Crippen LogP contribution in [0.15, 0.2) is 48.5 Å². The van der Waals surface area contributed by atoms with Gasteiger partial charge in [0.2, 0.25) is 6.79 Å². The summed E-state index contributed by atoms with van der Waals surface area (Å²) in [5.74, 6) is 0.729. The Labute approximate surface area is 174 Å². The van der Waals surface area contributed by atoms with Crippen LogP contribution >= 0.6 is 0 Å². The van der Waals surface area contributed by atoms with E-state index >= 15 is 0 Å². The number of esters is 1. The van der Waals surface area contributed by atoms with Crippen molar-refractivity contribution in [3.05, 3.63) is 65.2 Å². The molecular weight excluding hydrogens is 386 g/mol. The van der Waals surface area contributed by atoms with Gasteiger partial charge < -0.3 is 24.3 Å². The largest absolute Gasteiger partial charge is 0.454 e. The number of ether oxygens (including phenoxy) is 4. The average Bonchev–Trinajstić information content (AvgIpc) is 3.15. The van der Waals surface area contributed by atoms with Crippen molar-refractivity contribution in [1.82, 2.24) is 5.32 Å².